The molecule has 0 amide bonds. The van der Waals surface area contributed by atoms with E-state index in [1.54, 1.807) is 0 Å². The van der Waals surface area contributed by atoms with E-state index >= 15 is 0 Å². The van der Waals surface area contributed by atoms with Gasteiger partial charge in [-0.15, -0.1) is 0 Å². The fourth-order valence-corrected chi connectivity index (χ4v) is 0. The van der Waals surface area contributed by atoms with Crippen molar-refractivity contribution in [3.8, 4) is 0 Å². The maximum Gasteiger partial charge on any atom is 2.00 e. The van der Waals surface area contributed by atoms with Gasteiger partial charge in [0.25, 0.3) is 0 Å². The third-order valence-corrected chi connectivity index (χ3v) is 0. The Morgan fingerprint density at radius 2 is 0.364 bits per heavy atom. The zero-order valence-electron chi connectivity index (χ0n) is 3.02. The predicted molar refractivity (Wildman–Crippen MR) is 66.4 cm³/mol. The molecular formula is H18Ga3In3N2Zn3. The molecule has 0 saturated carbocycles. The van der Waals surface area contributed by atoms with Crippen LogP contribution in [0.5, 0.6) is 0 Å². The van der Waals surface area contributed by atoms with Crippen LogP contribution in [-0.2, 0) is 58.4 Å². The monoisotopic (exact) mass is 789 g/mol. The SMILES string of the molecule is [GaH3].[GaH3].[GaH3].[InH3].[InH3].[InH3].[N-3].[N-3].[Zn+2].[Zn+2].[Zn+2]. The van der Waals surface area contributed by atoms with Crippen molar-refractivity contribution in [1.29, 1.82) is 0 Å². The molecule has 0 heterocycles. The number of rotatable bonds is 0. The van der Waals surface area contributed by atoms with E-state index in [-0.39, 0.29) is 208 Å². The zero-order chi connectivity index (χ0) is 0. The predicted octanol–water partition coefficient (Wildman–Crippen LogP) is -6.53. The molecule has 0 bridgehead atoms. The van der Waals surface area contributed by atoms with Gasteiger partial charge in [0.15, 0.2) is 0 Å². The zero-order valence-corrected chi connectivity index (χ0v) is 11.9. The van der Waals surface area contributed by atoms with Gasteiger partial charge in [0.1, 0.15) is 0 Å². The molecule has 0 radical (unpaired) electrons. The van der Waals surface area contributed by atoms with Crippen LogP contribution >= 0.6 is 0 Å². The molecule has 0 aromatic carbocycles. The maximum atomic E-state index is 0. The minimum absolute atomic E-state index is 0. The van der Waals surface area contributed by atoms with Crippen LogP contribution in [0.4, 0.5) is 0 Å². The molecule has 0 N–H and O–H groups in total. The first kappa shape index (κ1) is 116. The summed E-state index contributed by atoms with van der Waals surface area (Å²) >= 11 is 0. The summed E-state index contributed by atoms with van der Waals surface area (Å²) in [6.45, 7) is 0. The summed E-state index contributed by atoms with van der Waals surface area (Å²) in [4.78, 5) is 0. The molecule has 0 aliphatic heterocycles. The smallest absolute Gasteiger partial charge is 2.00 e. The topological polar surface area (TPSA) is 61.0 Å². The number of nitrogens with zero attached hydrogens (tertiary/aromatic N) is 2. The van der Waals surface area contributed by atoms with Gasteiger partial charge in [-0.2, -0.15) is 0 Å². The number of hydrogen-bond acceptors (Lipinski definition) is 0. The molecule has 0 aliphatic rings. The second-order valence-electron chi connectivity index (χ2n) is 0. The summed E-state index contributed by atoms with van der Waals surface area (Å²) < 4.78 is 0. The minimum Gasteiger partial charge on any atom is -3.00 e. The molecule has 0 aromatic rings. The Morgan fingerprint density at radius 3 is 0.364 bits per heavy atom. The van der Waals surface area contributed by atoms with E-state index in [1.807, 2.05) is 0 Å². The van der Waals surface area contributed by atoms with Crippen LogP contribution in [0.1, 0.15) is 0 Å². The van der Waals surface area contributed by atoms with E-state index in [4.69, 9.17) is 0 Å². The summed E-state index contributed by atoms with van der Waals surface area (Å²) in [6.07, 6.45) is 0. The van der Waals surface area contributed by atoms with Crippen molar-refractivity contribution >= 4 is 137 Å². The molecule has 0 rings (SSSR count). The van der Waals surface area contributed by atoms with Gasteiger partial charge in [0.2, 0.25) is 0 Å². The molecule has 0 spiro atoms. The van der Waals surface area contributed by atoms with Crippen molar-refractivity contribution < 1.29 is 58.4 Å². The van der Waals surface area contributed by atoms with Crippen molar-refractivity contribution in [3.05, 3.63) is 12.3 Å². The van der Waals surface area contributed by atoms with Gasteiger partial charge in [0.05, 0.1) is 0 Å². The second-order valence-corrected chi connectivity index (χ2v) is 0. The van der Waals surface area contributed by atoms with Crippen LogP contribution in [0.2, 0.25) is 0 Å². The Hall–Kier alpha value is 6.31. The summed E-state index contributed by atoms with van der Waals surface area (Å²) in [7, 11) is 0. The van der Waals surface area contributed by atoms with E-state index in [2.05, 4.69) is 0 Å². The van der Waals surface area contributed by atoms with Gasteiger partial charge < -0.3 is 12.3 Å². The Morgan fingerprint density at radius 1 is 0.364 bits per heavy atom. The van der Waals surface area contributed by atoms with Crippen LogP contribution in [0.25, 0.3) is 12.3 Å². The first-order chi connectivity index (χ1) is 0. The Labute approximate surface area is 203 Å². The minimum atomic E-state index is 0. The van der Waals surface area contributed by atoms with Crippen molar-refractivity contribution in [1.82, 2.24) is 0 Å². The second kappa shape index (κ2) is 96.0. The Kier molecular flexibility index (Phi) is 1010. The first-order valence-corrected chi connectivity index (χ1v) is 0. The molecule has 11 heteroatoms. The van der Waals surface area contributed by atoms with Crippen molar-refractivity contribution in [2.45, 2.75) is 0 Å². The van der Waals surface area contributed by atoms with Crippen molar-refractivity contribution in [2.75, 3.05) is 0 Å². The Bertz CT molecular complexity index is 21.8. The van der Waals surface area contributed by atoms with E-state index in [1.165, 1.54) is 0 Å². The fourth-order valence-electron chi connectivity index (χ4n) is 0. The summed E-state index contributed by atoms with van der Waals surface area (Å²) in [5, 5.41) is 0. The molecule has 0 unspecified atom stereocenters. The van der Waals surface area contributed by atoms with Gasteiger partial charge in [-0.25, -0.2) is 0 Å². The first-order valence-electron chi connectivity index (χ1n) is 0. The standard InChI is InChI=1S/3Ga.3In.2N.3Zn.18H/q;;;;;;2*-3;3*+2;;;;;;;;;;;;;;;;;;. The summed E-state index contributed by atoms with van der Waals surface area (Å²) in [5.41, 5.74) is 0. The molecule has 0 aromatic heterocycles. The van der Waals surface area contributed by atoms with Gasteiger partial charge >= 0.3 is 195 Å². The van der Waals surface area contributed by atoms with Gasteiger partial charge in [-0.05, 0) is 0 Å². The van der Waals surface area contributed by atoms with Gasteiger partial charge in [-0.3, -0.25) is 0 Å². The van der Waals surface area contributed by atoms with E-state index in [0.717, 1.165) is 0 Å². The van der Waals surface area contributed by atoms with E-state index in [0.29, 0.717) is 0 Å². The van der Waals surface area contributed by atoms with Crippen LogP contribution < -0.4 is 0 Å². The summed E-state index contributed by atoms with van der Waals surface area (Å²) in [5.74, 6) is 0. The quantitative estimate of drug-likeness (QED) is 0.220. The molecule has 11 heavy (non-hydrogen) atoms. The maximum absolute atomic E-state index is 0. The number of hydrogen-bond donors (Lipinski definition) is 0. The van der Waals surface area contributed by atoms with Gasteiger partial charge in [0, 0.05) is 0 Å². The third-order valence-electron chi connectivity index (χ3n) is 0. The van der Waals surface area contributed by atoms with Crippen LogP contribution in [-0.4, -0.2) is 137 Å². The average molecular weight is 796 g/mol. The van der Waals surface area contributed by atoms with Crippen molar-refractivity contribution in [2.24, 2.45) is 0 Å². The van der Waals surface area contributed by atoms with Gasteiger partial charge in [-0.1, -0.05) is 0 Å². The van der Waals surface area contributed by atoms with E-state index in [9.17, 15) is 0 Å². The van der Waals surface area contributed by atoms with Crippen LogP contribution in [0.15, 0.2) is 0 Å². The van der Waals surface area contributed by atoms with E-state index < -0.39 is 0 Å². The molecule has 0 fully saturated rings. The summed E-state index contributed by atoms with van der Waals surface area (Å²) in [6, 6.07) is 0. The third kappa shape index (κ3) is 83.9. The molecule has 0 atom stereocenters. The molecule has 2 nitrogen and oxygen atoms in total. The fraction of sp³-hybridized carbons (Fsp3) is 0. The average Bonchev–Trinajstić information content (AvgIpc) is 0. The van der Waals surface area contributed by atoms with Crippen LogP contribution in [0.3, 0.4) is 0 Å². The molecular weight excluding hydrogens is 778 g/mol. The largest absolute Gasteiger partial charge is 3.00 e. The van der Waals surface area contributed by atoms with Crippen molar-refractivity contribution in [3.63, 3.8) is 0 Å². The normalized spacial score (nSPS) is 0. The molecule has 0 saturated heterocycles. The molecule has 0 aliphatic carbocycles. The van der Waals surface area contributed by atoms with Crippen LogP contribution in [0, 0.1) is 0 Å². The molecule has 52 valence electrons. The Balaban J connectivity index is 0.